The normalized spacial score (nSPS) is 10.8. The molecule has 35 heavy (non-hydrogen) atoms. The maximum absolute atomic E-state index is 13.4. The number of benzene rings is 2. The van der Waals surface area contributed by atoms with Gasteiger partial charge in [0.1, 0.15) is 0 Å². The van der Waals surface area contributed by atoms with Crippen LogP contribution in [0.2, 0.25) is 5.02 Å². The number of hydrogen-bond donors (Lipinski definition) is 1. The molecule has 176 valence electrons. The van der Waals surface area contributed by atoms with Gasteiger partial charge >= 0.3 is 0 Å². The maximum atomic E-state index is 13.4. The summed E-state index contributed by atoms with van der Waals surface area (Å²) in [6.07, 6.45) is 5.87. The number of hydrogen-bond acceptors (Lipinski definition) is 7. The average Bonchev–Trinajstić information content (AvgIpc) is 3.37. The van der Waals surface area contributed by atoms with Crippen molar-refractivity contribution in [3.8, 4) is 22.8 Å². The molecule has 0 aliphatic heterocycles. The fourth-order valence-corrected chi connectivity index (χ4v) is 3.39. The standard InChI is InChI=1S/C25H20ClN5O4/c1-34-21-8-5-18(13-22(21)35-2)25(33)31(24(32)17-9-11-27-12-10-17)29-15-19-14-28-30-23(19)16-3-6-20(26)7-4-16/h3-15H,1-2H3,(H,28,30). The largest absolute Gasteiger partial charge is 0.493 e. The summed E-state index contributed by atoms with van der Waals surface area (Å²) in [4.78, 5) is 30.6. The van der Waals surface area contributed by atoms with Crippen LogP contribution in [0, 0.1) is 0 Å². The van der Waals surface area contributed by atoms with Gasteiger partial charge < -0.3 is 9.47 Å². The summed E-state index contributed by atoms with van der Waals surface area (Å²) in [5, 5.41) is 12.6. The van der Waals surface area contributed by atoms with Crippen molar-refractivity contribution < 1.29 is 19.1 Å². The number of aromatic amines is 1. The lowest BCUT2D eigenvalue weighted by atomic mass is 10.1. The minimum absolute atomic E-state index is 0.187. The number of ether oxygens (including phenoxy) is 2. The Bertz CT molecular complexity index is 1370. The molecule has 2 aromatic carbocycles. The molecule has 0 bridgehead atoms. The highest BCUT2D eigenvalue weighted by Gasteiger charge is 2.25. The first-order valence-corrected chi connectivity index (χ1v) is 10.7. The zero-order valence-electron chi connectivity index (χ0n) is 18.8. The SMILES string of the molecule is COc1ccc(C(=O)N(N=Cc2cn[nH]c2-c2ccc(Cl)cc2)C(=O)c2ccncc2)cc1OC. The second-order valence-electron chi connectivity index (χ2n) is 7.18. The minimum atomic E-state index is -0.652. The van der Waals surface area contributed by atoms with Crippen molar-refractivity contribution in [2.45, 2.75) is 0 Å². The Balaban J connectivity index is 1.72. The smallest absolute Gasteiger partial charge is 0.281 e. The van der Waals surface area contributed by atoms with Crippen LogP contribution in [0.5, 0.6) is 11.5 Å². The number of nitrogens with one attached hydrogen (secondary N) is 1. The molecule has 2 aromatic heterocycles. The van der Waals surface area contributed by atoms with Crippen LogP contribution < -0.4 is 9.47 Å². The van der Waals surface area contributed by atoms with Crippen molar-refractivity contribution in [3.63, 3.8) is 0 Å². The second-order valence-corrected chi connectivity index (χ2v) is 7.62. The summed E-state index contributed by atoms with van der Waals surface area (Å²) in [7, 11) is 2.95. The van der Waals surface area contributed by atoms with Gasteiger partial charge in [-0.2, -0.15) is 15.2 Å². The van der Waals surface area contributed by atoms with Crippen LogP contribution in [0.4, 0.5) is 0 Å². The Kier molecular flexibility index (Phi) is 7.18. The Morgan fingerprint density at radius 3 is 2.31 bits per heavy atom. The quantitative estimate of drug-likeness (QED) is 0.233. The van der Waals surface area contributed by atoms with Crippen molar-refractivity contribution in [2.75, 3.05) is 14.2 Å². The molecule has 0 aliphatic rings. The van der Waals surface area contributed by atoms with Crippen LogP contribution in [0.3, 0.4) is 0 Å². The van der Waals surface area contributed by atoms with E-state index in [1.807, 2.05) is 12.1 Å². The lowest BCUT2D eigenvalue weighted by Gasteiger charge is -2.16. The highest BCUT2D eigenvalue weighted by Crippen LogP contribution is 2.28. The molecule has 0 spiro atoms. The van der Waals surface area contributed by atoms with Crippen molar-refractivity contribution >= 4 is 29.6 Å². The summed E-state index contributed by atoms with van der Waals surface area (Å²) >= 11 is 5.99. The summed E-state index contributed by atoms with van der Waals surface area (Å²) in [6.45, 7) is 0. The van der Waals surface area contributed by atoms with Gasteiger partial charge in [-0.15, -0.1) is 0 Å². The van der Waals surface area contributed by atoms with Crippen molar-refractivity contribution in [3.05, 3.63) is 94.9 Å². The lowest BCUT2D eigenvalue weighted by Crippen LogP contribution is -2.32. The molecule has 4 aromatic rings. The van der Waals surface area contributed by atoms with E-state index < -0.39 is 11.8 Å². The molecule has 9 nitrogen and oxygen atoms in total. The number of pyridine rings is 1. The van der Waals surface area contributed by atoms with Gasteiger partial charge in [0.25, 0.3) is 11.8 Å². The summed E-state index contributed by atoms with van der Waals surface area (Å²) in [6, 6.07) is 14.7. The Morgan fingerprint density at radius 1 is 0.943 bits per heavy atom. The molecule has 2 heterocycles. The van der Waals surface area contributed by atoms with E-state index in [1.165, 1.54) is 57.1 Å². The number of nitrogens with zero attached hydrogens (tertiary/aromatic N) is 4. The average molecular weight is 490 g/mol. The third kappa shape index (κ3) is 5.20. The first-order chi connectivity index (χ1) is 17.0. The fraction of sp³-hybridized carbons (Fsp3) is 0.0800. The van der Waals surface area contributed by atoms with Crippen LogP contribution in [-0.4, -0.2) is 52.4 Å². The first-order valence-electron chi connectivity index (χ1n) is 10.4. The van der Waals surface area contributed by atoms with Gasteiger partial charge in [0.15, 0.2) is 11.5 Å². The number of amides is 2. The van der Waals surface area contributed by atoms with E-state index in [0.29, 0.717) is 27.8 Å². The molecule has 1 N–H and O–H groups in total. The topological polar surface area (TPSA) is 110 Å². The number of H-pyrrole nitrogens is 1. The fourth-order valence-electron chi connectivity index (χ4n) is 3.27. The predicted octanol–water partition coefficient (Wildman–Crippen LogP) is 4.46. The first kappa shape index (κ1) is 23.7. The molecule has 0 saturated carbocycles. The van der Waals surface area contributed by atoms with E-state index in [0.717, 1.165) is 10.6 Å². The maximum Gasteiger partial charge on any atom is 0.281 e. The second kappa shape index (κ2) is 10.6. The van der Waals surface area contributed by atoms with Gasteiger partial charge in [-0.3, -0.25) is 19.7 Å². The monoisotopic (exact) mass is 489 g/mol. The molecule has 0 atom stereocenters. The van der Waals surface area contributed by atoms with E-state index >= 15 is 0 Å². The minimum Gasteiger partial charge on any atom is -0.493 e. The van der Waals surface area contributed by atoms with Crippen LogP contribution in [0.25, 0.3) is 11.3 Å². The molecule has 0 radical (unpaired) electrons. The lowest BCUT2D eigenvalue weighted by molar-refractivity contribution is 0.0621. The zero-order chi connectivity index (χ0) is 24.8. The number of carbonyl (C=O) groups is 2. The van der Waals surface area contributed by atoms with Gasteiger partial charge in [0.2, 0.25) is 0 Å². The zero-order valence-corrected chi connectivity index (χ0v) is 19.6. The third-order valence-corrected chi connectivity index (χ3v) is 5.31. The van der Waals surface area contributed by atoms with E-state index in [1.54, 1.807) is 24.4 Å². The highest BCUT2D eigenvalue weighted by atomic mass is 35.5. The Labute approximate surface area is 206 Å². The number of carbonyl (C=O) groups excluding carboxylic acids is 2. The van der Waals surface area contributed by atoms with Crippen LogP contribution in [-0.2, 0) is 0 Å². The Hall–Kier alpha value is -4.50. The Morgan fingerprint density at radius 2 is 1.63 bits per heavy atom. The van der Waals surface area contributed by atoms with Gasteiger partial charge in [-0.05, 0) is 42.5 Å². The molecule has 0 unspecified atom stereocenters. The van der Waals surface area contributed by atoms with Gasteiger partial charge in [-0.25, -0.2) is 0 Å². The van der Waals surface area contributed by atoms with E-state index in [4.69, 9.17) is 21.1 Å². The van der Waals surface area contributed by atoms with Crippen LogP contribution in [0.1, 0.15) is 26.3 Å². The van der Waals surface area contributed by atoms with Crippen LogP contribution >= 0.6 is 11.6 Å². The number of rotatable bonds is 7. The molecular weight excluding hydrogens is 470 g/mol. The summed E-state index contributed by atoms with van der Waals surface area (Å²) in [5.74, 6) is -0.482. The van der Waals surface area contributed by atoms with Gasteiger partial charge in [-0.1, -0.05) is 23.7 Å². The van der Waals surface area contributed by atoms with Crippen molar-refractivity contribution in [2.24, 2.45) is 5.10 Å². The molecule has 0 aliphatic carbocycles. The molecule has 0 saturated heterocycles. The van der Waals surface area contributed by atoms with Crippen molar-refractivity contribution in [1.29, 1.82) is 0 Å². The summed E-state index contributed by atoms with van der Waals surface area (Å²) < 4.78 is 10.5. The van der Waals surface area contributed by atoms with Crippen LogP contribution in [0.15, 0.2) is 78.3 Å². The predicted molar refractivity (Wildman–Crippen MR) is 131 cm³/mol. The number of aromatic nitrogens is 3. The van der Waals surface area contributed by atoms with Gasteiger partial charge in [0, 0.05) is 39.7 Å². The third-order valence-electron chi connectivity index (χ3n) is 5.06. The van der Waals surface area contributed by atoms with Gasteiger partial charge in [0.05, 0.1) is 32.3 Å². The highest BCUT2D eigenvalue weighted by molar-refractivity contribution is 6.30. The number of hydrazone groups is 1. The van der Waals surface area contributed by atoms with E-state index in [-0.39, 0.29) is 11.1 Å². The van der Waals surface area contributed by atoms with E-state index in [2.05, 4.69) is 20.3 Å². The molecular formula is C25H20ClN5O4. The van der Waals surface area contributed by atoms with E-state index in [9.17, 15) is 9.59 Å². The van der Waals surface area contributed by atoms with Crippen molar-refractivity contribution in [1.82, 2.24) is 20.2 Å². The molecule has 2 amide bonds. The number of methoxy groups -OCH3 is 2. The number of imide groups is 1. The summed E-state index contributed by atoms with van der Waals surface area (Å²) in [5.41, 5.74) is 2.47. The molecule has 4 rings (SSSR count). The molecule has 0 fully saturated rings. The molecule has 10 heteroatoms. The number of halogens is 1.